The standard InChI is InChI=1S/C5H14N4/c6-3-1-4(7)9-5(8)2-3/h3-5,9H,1-2,6-8H2. The zero-order valence-corrected chi connectivity index (χ0v) is 5.38. The van der Waals surface area contributed by atoms with E-state index < -0.39 is 0 Å². The van der Waals surface area contributed by atoms with Gasteiger partial charge in [-0.05, 0) is 12.8 Å². The van der Waals surface area contributed by atoms with Gasteiger partial charge < -0.3 is 17.2 Å². The Kier molecular flexibility index (Phi) is 2.02. The molecule has 1 saturated heterocycles. The maximum Gasteiger partial charge on any atom is 0.0573 e. The summed E-state index contributed by atoms with van der Waals surface area (Å²) in [7, 11) is 0. The van der Waals surface area contributed by atoms with Gasteiger partial charge in [-0.2, -0.15) is 0 Å². The van der Waals surface area contributed by atoms with Gasteiger partial charge in [-0.1, -0.05) is 0 Å². The molecule has 0 aromatic rings. The third kappa shape index (κ3) is 1.91. The molecule has 0 bridgehead atoms. The fourth-order valence-electron chi connectivity index (χ4n) is 1.16. The molecule has 0 radical (unpaired) electrons. The third-order valence-electron chi connectivity index (χ3n) is 1.54. The highest BCUT2D eigenvalue weighted by molar-refractivity contribution is 4.80. The van der Waals surface area contributed by atoms with Gasteiger partial charge in [0.15, 0.2) is 0 Å². The van der Waals surface area contributed by atoms with Gasteiger partial charge in [0.25, 0.3) is 0 Å². The molecular weight excluding hydrogens is 116 g/mol. The lowest BCUT2D eigenvalue weighted by Gasteiger charge is -2.29. The smallest absolute Gasteiger partial charge is 0.0573 e. The van der Waals surface area contributed by atoms with E-state index in [-0.39, 0.29) is 18.4 Å². The Balaban J connectivity index is 2.34. The lowest BCUT2D eigenvalue weighted by atomic mass is 10.0. The van der Waals surface area contributed by atoms with Gasteiger partial charge in [0.05, 0.1) is 12.3 Å². The summed E-state index contributed by atoms with van der Waals surface area (Å²) in [5.41, 5.74) is 16.7. The first kappa shape index (κ1) is 6.95. The molecule has 2 atom stereocenters. The topological polar surface area (TPSA) is 90.1 Å². The maximum atomic E-state index is 5.62. The van der Waals surface area contributed by atoms with E-state index in [2.05, 4.69) is 5.32 Å². The molecule has 0 aromatic heterocycles. The highest BCUT2D eigenvalue weighted by Crippen LogP contribution is 2.04. The Bertz CT molecular complexity index is 69.9. The number of nitrogens with two attached hydrogens (primary N) is 3. The van der Waals surface area contributed by atoms with Crippen molar-refractivity contribution >= 4 is 0 Å². The van der Waals surface area contributed by atoms with Crippen LogP contribution in [0.2, 0.25) is 0 Å². The zero-order chi connectivity index (χ0) is 6.85. The molecule has 0 amide bonds. The van der Waals surface area contributed by atoms with Crippen LogP contribution in [0.15, 0.2) is 0 Å². The second-order valence-electron chi connectivity index (χ2n) is 2.61. The predicted molar refractivity (Wildman–Crippen MR) is 36.3 cm³/mol. The normalized spacial score (nSPS) is 45.0. The van der Waals surface area contributed by atoms with E-state index in [0.29, 0.717) is 0 Å². The number of hydrogen-bond acceptors (Lipinski definition) is 4. The Morgan fingerprint density at radius 3 is 1.78 bits per heavy atom. The summed E-state index contributed by atoms with van der Waals surface area (Å²) in [5, 5.41) is 2.99. The van der Waals surface area contributed by atoms with E-state index in [1.807, 2.05) is 0 Å². The molecule has 4 nitrogen and oxygen atoms in total. The molecule has 1 heterocycles. The molecule has 0 aromatic carbocycles. The van der Waals surface area contributed by atoms with Crippen LogP contribution in [-0.2, 0) is 0 Å². The van der Waals surface area contributed by atoms with E-state index >= 15 is 0 Å². The Morgan fingerprint density at radius 1 is 1.00 bits per heavy atom. The van der Waals surface area contributed by atoms with Crippen molar-refractivity contribution in [2.75, 3.05) is 0 Å². The van der Waals surface area contributed by atoms with Crippen molar-refractivity contribution in [2.24, 2.45) is 17.2 Å². The maximum absolute atomic E-state index is 5.62. The molecule has 1 aliphatic heterocycles. The lowest BCUT2D eigenvalue weighted by Crippen LogP contribution is -2.57. The van der Waals surface area contributed by atoms with Gasteiger partial charge in [0.1, 0.15) is 0 Å². The Labute approximate surface area is 54.8 Å². The largest absolute Gasteiger partial charge is 0.327 e. The molecule has 54 valence electrons. The lowest BCUT2D eigenvalue weighted by molar-refractivity contribution is 0.299. The van der Waals surface area contributed by atoms with E-state index in [9.17, 15) is 0 Å². The minimum absolute atomic E-state index is 0.0104. The van der Waals surface area contributed by atoms with Gasteiger partial charge in [-0.3, -0.25) is 5.32 Å². The van der Waals surface area contributed by atoms with Crippen LogP contribution in [0.3, 0.4) is 0 Å². The third-order valence-corrected chi connectivity index (χ3v) is 1.54. The fourth-order valence-corrected chi connectivity index (χ4v) is 1.16. The molecule has 1 aliphatic rings. The SMILES string of the molecule is NC1CC(N)NC(N)C1. The summed E-state index contributed by atoms with van der Waals surface area (Å²) in [5.74, 6) is 0. The van der Waals surface area contributed by atoms with Gasteiger partial charge in [0, 0.05) is 6.04 Å². The molecule has 2 unspecified atom stereocenters. The van der Waals surface area contributed by atoms with E-state index in [0.717, 1.165) is 12.8 Å². The Hall–Kier alpha value is -0.160. The van der Waals surface area contributed by atoms with Crippen molar-refractivity contribution in [3.63, 3.8) is 0 Å². The van der Waals surface area contributed by atoms with Crippen LogP contribution >= 0.6 is 0 Å². The Morgan fingerprint density at radius 2 is 1.44 bits per heavy atom. The second kappa shape index (κ2) is 2.62. The highest BCUT2D eigenvalue weighted by Gasteiger charge is 2.20. The van der Waals surface area contributed by atoms with Crippen LogP contribution in [-0.4, -0.2) is 18.4 Å². The molecule has 1 rings (SSSR count). The summed E-state index contributed by atoms with van der Waals surface area (Å²) in [6, 6.07) is 0.177. The van der Waals surface area contributed by atoms with Crippen LogP contribution in [0.25, 0.3) is 0 Å². The first-order chi connectivity index (χ1) is 4.18. The molecule has 0 spiro atoms. The number of piperidine rings is 1. The molecule has 9 heavy (non-hydrogen) atoms. The summed E-state index contributed by atoms with van der Waals surface area (Å²) in [6.07, 6.45) is 1.63. The van der Waals surface area contributed by atoms with Gasteiger partial charge >= 0.3 is 0 Å². The van der Waals surface area contributed by atoms with Crippen LogP contribution in [0.1, 0.15) is 12.8 Å². The molecule has 7 N–H and O–H groups in total. The highest BCUT2D eigenvalue weighted by atomic mass is 15.1. The predicted octanol–water partition coefficient (Wildman–Crippen LogP) is -1.73. The average molecular weight is 130 g/mol. The van der Waals surface area contributed by atoms with Crippen LogP contribution < -0.4 is 22.5 Å². The van der Waals surface area contributed by atoms with Crippen LogP contribution in [0.5, 0.6) is 0 Å². The minimum atomic E-state index is -0.0104. The molecule has 1 fully saturated rings. The molecule has 0 aliphatic carbocycles. The van der Waals surface area contributed by atoms with Crippen LogP contribution in [0.4, 0.5) is 0 Å². The summed E-state index contributed by atoms with van der Waals surface area (Å²) >= 11 is 0. The average Bonchev–Trinajstić information content (AvgIpc) is 1.59. The summed E-state index contributed by atoms with van der Waals surface area (Å²) < 4.78 is 0. The van der Waals surface area contributed by atoms with E-state index in [4.69, 9.17) is 17.2 Å². The number of nitrogens with one attached hydrogen (secondary N) is 1. The number of rotatable bonds is 0. The van der Waals surface area contributed by atoms with E-state index in [1.54, 1.807) is 0 Å². The van der Waals surface area contributed by atoms with Crippen molar-refractivity contribution < 1.29 is 0 Å². The zero-order valence-electron chi connectivity index (χ0n) is 5.38. The summed E-state index contributed by atoms with van der Waals surface area (Å²) in [6.45, 7) is 0. The van der Waals surface area contributed by atoms with Gasteiger partial charge in [-0.25, -0.2) is 0 Å². The quantitative estimate of drug-likeness (QED) is 0.313. The van der Waals surface area contributed by atoms with Gasteiger partial charge in [0.2, 0.25) is 0 Å². The van der Waals surface area contributed by atoms with Crippen molar-refractivity contribution in [1.82, 2.24) is 5.32 Å². The van der Waals surface area contributed by atoms with Crippen molar-refractivity contribution in [2.45, 2.75) is 31.2 Å². The first-order valence-electron chi connectivity index (χ1n) is 3.21. The minimum Gasteiger partial charge on any atom is -0.327 e. The number of hydrogen-bond donors (Lipinski definition) is 4. The fraction of sp³-hybridized carbons (Fsp3) is 1.00. The monoisotopic (exact) mass is 130 g/mol. The van der Waals surface area contributed by atoms with Crippen molar-refractivity contribution in [1.29, 1.82) is 0 Å². The first-order valence-corrected chi connectivity index (χ1v) is 3.21. The second-order valence-corrected chi connectivity index (χ2v) is 2.61. The molecular formula is C5H14N4. The summed E-state index contributed by atoms with van der Waals surface area (Å²) in [4.78, 5) is 0. The van der Waals surface area contributed by atoms with Crippen molar-refractivity contribution in [3.8, 4) is 0 Å². The van der Waals surface area contributed by atoms with Crippen molar-refractivity contribution in [3.05, 3.63) is 0 Å². The van der Waals surface area contributed by atoms with Crippen LogP contribution in [0, 0.1) is 0 Å². The van der Waals surface area contributed by atoms with E-state index in [1.165, 1.54) is 0 Å². The molecule has 0 saturated carbocycles. The molecule has 4 heteroatoms. The van der Waals surface area contributed by atoms with Gasteiger partial charge in [-0.15, -0.1) is 0 Å².